The molecule has 25 heavy (non-hydrogen) atoms. The lowest BCUT2D eigenvalue weighted by atomic mass is 10.0. The smallest absolute Gasteiger partial charge is 0.173 e. The average molecular weight is 365 g/mol. The van der Waals surface area contributed by atoms with Crippen molar-refractivity contribution in [3.63, 3.8) is 0 Å². The molecule has 0 aliphatic rings. The number of hydrogen-bond acceptors (Lipinski definition) is 0. The number of hydrogen-bond donors (Lipinski definition) is 0. The molecule has 0 saturated heterocycles. The van der Waals surface area contributed by atoms with Gasteiger partial charge in [0.15, 0.2) is 0 Å². The van der Waals surface area contributed by atoms with E-state index in [0.717, 1.165) is 30.4 Å². The van der Waals surface area contributed by atoms with E-state index in [1.165, 1.54) is 13.8 Å². The molecule has 0 aliphatic carbocycles. The zero-order valence-electron chi connectivity index (χ0n) is 16.9. The van der Waals surface area contributed by atoms with E-state index in [2.05, 4.69) is 20.1 Å². The lowest BCUT2D eigenvalue weighted by Gasteiger charge is -2.02. The van der Waals surface area contributed by atoms with Crippen molar-refractivity contribution in [2.24, 2.45) is 0 Å². The molecule has 0 bridgehead atoms. The van der Waals surface area contributed by atoms with Gasteiger partial charge >= 0.3 is 0 Å². The second kappa shape index (κ2) is 19.0. The highest BCUT2D eigenvalue weighted by Gasteiger charge is 2.01. The Morgan fingerprint density at radius 1 is 0.640 bits per heavy atom. The topological polar surface area (TPSA) is 0 Å². The summed E-state index contributed by atoms with van der Waals surface area (Å²) < 4.78 is 47.5. The second-order valence-electron chi connectivity index (χ2n) is 5.69. The zero-order valence-corrected chi connectivity index (χ0v) is 16.9. The van der Waals surface area contributed by atoms with Gasteiger partial charge in [0, 0.05) is 0 Å². The van der Waals surface area contributed by atoms with Crippen LogP contribution in [0.2, 0.25) is 0 Å². The molecule has 0 unspecified atom stereocenters. The van der Waals surface area contributed by atoms with Crippen LogP contribution in [0.4, 0.5) is 17.6 Å². The third-order valence-corrected chi connectivity index (χ3v) is 3.46. The Hall–Kier alpha value is -1.32. The van der Waals surface area contributed by atoms with Gasteiger partial charge in [0.1, 0.15) is 0 Å². The van der Waals surface area contributed by atoms with Gasteiger partial charge in [0.2, 0.25) is 0 Å². The maximum atomic E-state index is 11.9. The molecule has 0 nitrogen and oxygen atoms in total. The minimum absolute atomic E-state index is 0.180. The van der Waals surface area contributed by atoms with E-state index in [1.54, 1.807) is 0 Å². The molecular formula is C21H36F4. The molecule has 0 aromatic carbocycles. The lowest BCUT2D eigenvalue weighted by Crippen LogP contribution is -1.84. The van der Waals surface area contributed by atoms with Gasteiger partial charge in [-0.2, -0.15) is 17.6 Å². The molecule has 148 valence electrons. The molecule has 0 aromatic heterocycles. The van der Waals surface area contributed by atoms with Gasteiger partial charge in [-0.1, -0.05) is 58.4 Å². The van der Waals surface area contributed by atoms with Crippen LogP contribution in [-0.2, 0) is 0 Å². The SMILES string of the molecule is C=C(CC)CCC(C)=C(F)F.C=C(CCC)CCC(C)=C(F)F.CC. The van der Waals surface area contributed by atoms with Crippen LogP contribution in [0.1, 0.15) is 86.5 Å². The van der Waals surface area contributed by atoms with Gasteiger partial charge in [-0.15, -0.1) is 0 Å². The van der Waals surface area contributed by atoms with Crippen LogP contribution in [0.3, 0.4) is 0 Å². The monoisotopic (exact) mass is 364 g/mol. The van der Waals surface area contributed by atoms with Crippen molar-refractivity contribution in [2.45, 2.75) is 86.5 Å². The van der Waals surface area contributed by atoms with E-state index in [0.29, 0.717) is 25.7 Å². The number of allylic oxidation sites excluding steroid dienone is 4. The van der Waals surface area contributed by atoms with Crippen molar-refractivity contribution in [2.75, 3.05) is 0 Å². The maximum absolute atomic E-state index is 11.9. The van der Waals surface area contributed by atoms with Crippen LogP contribution < -0.4 is 0 Å². The Balaban J connectivity index is -0.000000353. The summed E-state index contributed by atoms with van der Waals surface area (Å²) in [4.78, 5) is 0. The summed E-state index contributed by atoms with van der Waals surface area (Å²) in [7, 11) is 0. The van der Waals surface area contributed by atoms with Crippen LogP contribution in [0.15, 0.2) is 47.6 Å². The Bertz CT molecular complexity index is 423. The van der Waals surface area contributed by atoms with E-state index in [9.17, 15) is 17.6 Å². The highest BCUT2D eigenvalue weighted by Crippen LogP contribution is 2.18. The molecule has 0 aromatic rings. The van der Waals surface area contributed by atoms with E-state index in [4.69, 9.17) is 0 Å². The maximum Gasteiger partial charge on any atom is 0.269 e. The van der Waals surface area contributed by atoms with Crippen LogP contribution >= 0.6 is 0 Å². The first-order valence-electron chi connectivity index (χ1n) is 9.00. The minimum Gasteiger partial charge on any atom is -0.173 e. The molecule has 0 atom stereocenters. The molecule has 0 aliphatic heterocycles. The van der Waals surface area contributed by atoms with Crippen molar-refractivity contribution in [1.82, 2.24) is 0 Å². The number of rotatable bonds is 9. The van der Waals surface area contributed by atoms with Gasteiger partial charge in [-0.3, -0.25) is 0 Å². The molecule has 0 amide bonds. The second-order valence-corrected chi connectivity index (χ2v) is 5.69. The van der Waals surface area contributed by atoms with E-state index in [-0.39, 0.29) is 11.1 Å². The summed E-state index contributed by atoms with van der Waals surface area (Å²) in [6.07, 6.45) is 2.03. The molecule has 0 radical (unpaired) electrons. The summed E-state index contributed by atoms with van der Waals surface area (Å²) in [6.45, 7) is 18.5. The molecule has 0 heterocycles. The Labute approximate surface area is 152 Å². The van der Waals surface area contributed by atoms with Gasteiger partial charge in [0.05, 0.1) is 0 Å². The van der Waals surface area contributed by atoms with Crippen molar-refractivity contribution < 1.29 is 17.6 Å². The third-order valence-electron chi connectivity index (χ3n) is 3.46. The Morgan fingerprint density at radius 2 is 1.00 bits per heavy atom. The molecule has 0 fully saturated rings. The highest BCUT2D eigenvalue weighted by atomic mass is 19.3. The first kappa shape index (κ1) is 28.5. The van der Waals surface area contributed by atoms with Crippen LogP contribution in [-0.4, -0.2) is 0 Å². The van der Waals surface area contributed by atoms with Gasteiger partial charge < -0.3 is 0 Å². The first-order valence-corrected chi connectivity index (χ1v) is 9.00. The fourth-order valence-electron chi connectivity index (χ4n) is 1.57. The molecule has 0 rings (SSSR count). The van der Waals surface area contributed by atoms with E-state index < -0.39 is 12.2 Å². The van der Waals surface area contributed by atoms with Gasteiger partial charge in [-0.25, -0.2) is 0 Å². The van der Waals surface area contributed by atoms with Crippen molar-refractivity contribution >= 4 is 0 Å². The summed E-state index contributed by atoms with van der Waals surface area (Å²) >= 11 is 0. The summed E-state index contributed by atoms with van der Waals surface area (Å²) in [6, 6.07) is 0. The molecule has 0 N–H and O–H groups in total. The predicted molar refractivity (Wildman–Crippen MR) is 103 cm³/mol. The van der Waals surface area contributed by atoms with Gasteiger partial charge in [-0.05, 0) is 63.5 Å². The minimum atomic E-state index is -1.55. The summed E-state index contributed by atoms with van der Waals surface area (Å²) in [5, 5.41) is 0. The molecule has 4 heteroatoms. The Morgan fingerprint density at radius 3 is 1.28 bits per heavy atom. The van der Waals surface area contributed by atoms with Crippen molar-refractivity contribution in [3.05, 3.63) is 47.6 Å². The average Bonchev–Trinajstić information content (AvgIpc) is 2.59. The molecule has 0 saturated carbocycles. The van der Waals surface area contributed by atoms with Crippen molar-refractivity contribution in [3.8, 4) is 0 Å². The van der Waals surface area contributed by atoms with Crippen molar-refractivity contribution in [1.29, 1.82) is 0 Å². The van der Waals surface area contributed by atoms with Gasteiger partial charge in [0.25, 0.3) is 12.2 Å². The fraction of sp³-hybridized carbons (Fsp3) is 0.619. The largest absolute Gasteiger partial charge is 0.269 e. The quantitative estimate of drug-likeness (QED) is 0.282. The fourth-order valence-corrected chi connectivity index (χ4v) is 1.57. The van der Waals surface area contributed by atoms with E-state index in [1.807, 2.05) is 20.8 Å². The standard InChI is InChI=1S/C10H16F2.C9H14F2.C2H6/c1-4-5-8(2)6-7-9(3)10(11)12;1-4-7(2)5-6-8(3)9(10)11;1-2/h2,4-7H2,1,3H3;2,4-6H2,1,3H3;1-2H3. The molecule has 0 spiro atoms. The van der Waals surface area contributed by atoms with E-state index >= 15 is 0 Å². The summed E-state index contributed by atoms with van der Waals surface area (Å²) in [5.74, 6) is 0. The van der Waals surface area contributed by atoms with Crippen LogP contribution in [0.25, 0.3) is 0 Å². The van der Waals surface area contributed by atoms with Crippen LogP contribution in [0.5, 0.6) is 0 Å². The highest BCUT2D eigenvalue weighted by molar-refractivity contribution is 5.04. The first-order chi connectivity index (χ1) is 11.6. The molecular weight excluding hydrogens is 328 g/mol. The third kappa shape index (κ3) is 20.6. The summed E-state index contributed by atoms with van der Waals surface area (Å²) in [5.41, 5.74) is 2.47. The normalized spacial score (nSPS) is 9.04. The van der Waals surface area contributed by atoms with Crippen LogP contribution in [0, 0.1) is 0 Å². The Kier molecular flexibility index (Phi) is 21.7. The zero-order chi connectivity index (χ0) is 20.4. The number of halogens is 4. The predicted octanol–water partition coefficient (Wildman–Crippen LogP) is 9.22. The lowest BCUT2D eigenvalue weighted by molar-refractivity contribution is 0.407.